The summed E-state index contributed by atoms with van der Waals surface area (Å²) in [5, 5.41) is 3.65. The summed E-state index contributed by atoms with van der Waals surface area (Å²) < 4.78 is 0. The summed E-state index contributed by atoms with van der Waals surface area (Å²) in [4.78, 5) is 2.50. The molecular weight excluding hydrogens is 268 g/mol. The largest absolute Gasteiger partial charge is 0.371 e. The fourth-order valence-electron chi connectivity index (χ4n) is 3.11. The lowest BCUT2D eigenvalue weighted by Gasteiger charge is -2.35. The second kappa shape index (κ2) is 7.20. The monoisotopic (exact) mass is 298 g/mol. The number of hydrogen-bond acceptors (Lipinski definition) is 2. The molecule has 0 aromatic heterocycles. The van der Waals surface area contributed by atoms with Crippen molar-refractivity contribution >= 4 is 5.69 Å². The van der Waals surface area contributed by atoms with Crippen LogP contribution >= 0.6 is 0 Å². The molecule has 2 heteroatoms. The summed E-state index contributed by atoms with van der Waals surface area (Å²) >= 11 is 0. The van der Waals surface area contributed by atoms with Gasteiger partial charge in [-0.1, -0.05) is 32.9 Å². The Morgan fingerprint density at radius 3 is 2.32 bits per heavy atom. The van der Waals surface area contributed by atoms with Gasteiger partial charge in [0.2, 0.25) is 0 Å². The van der Waals surface area contributed by atoms with Gasteiger partial charge in [0.1, 0.15) is 0 Å². The highest BCUT2D eigenvalue weighted by molar-refractivity contribution is 5.49. The lowest BCUT2D eigenvalue weighted by molar-refractivity contribution is 0.379. The van der Waals surface area contributed by atoms with Crippen molar-refractivity contribution in [3.63, 3.8) is 0 Å². The molecule has 1 aliphatic heterocycles. The first-order valence-electron chi connectivity index (χ1n) is 8.45. The zero-order valence-electron chi connectivity index (χ0n) is 14.5. The number of rotatable bonds is 4. The summed E-state index contributed by atoms with van der Waals surface area (Å²) in [5.74, 6) is 2.74. The quantitative estimate of drug-likeness (QED) is 0.847. The fourth-order valence-corrected chi connectivity index (χ4v) is 3.11. The molecule has 1 aromatic rings. The SMILES string of the molecule is C#CC[C@H](C)NC1CCN(c2ccc(C(C)(C)C)cc2)CC1. The number of terminal acetylenes is 1. The molecule has 1 heterocycles. The van der Waals surface area contributed by atoms with Crippen LogP contribution in [0.25, 0.3) is 0 Å². The number of hydrogen-bond donors (Lipinski definition) is 1. The van der Waals surface area contributed by atoms with Crippen LogP contribution in [0.1, 0.15) is 52.5 Å². The maximum atomic E-state index is 5.38. The Morgan fingerprint density at radius 1 is 1.23 bits per heavy atom. The minimum absolute atomic E-state index is 0.225. The fraction of sp³-hybridized carbons (Fsp3) is 0.600. The van der Waals surface area contributed by atoms with Crippen molar-refractivity contribution in [2.45, 2.75) is 64.5 Å². The predicted molar refractivity (Wildman–Crippen MR) is 96.4 cm³/mol. The van der Waals surface area contributed by atoms with E-state index in [1.165, 1.54) is 24.1 Å². The van der Waals surface area contributed by atoms with E-state index in [9.17, 15) is 0 Å². The first kappa shape index (κ1) is 16.9. The van der Waals surface area contributed by atoms with Crippen molar-refractivity contribution in [3.05, 3.63) is 29.8 Å². The molecule has 120 valence electrons. The maximum Gasteiger partial charge on any atom is 0.0366 e. The van der Waals surface area contributed by atoms with Gasteiger partial charge in [0.15, 0.2) is 0 Å². The van der Waals surface area contributed by atoms with Crippen LogP contribution in [0, 0.1) is 12.3 Å². The van der Waals surface area contributed by atoms with Crippen LogP contribution in [0.15, 0.2) is 24.3 Å². The van der Waals surface area contributed by atoms with Crippen LogP contribution in [0.3, 0.4) is 0 Å². The Balaban J connectivity index is 1.88. The zero-order chi connectivity index (χ0) is 16.2. The first-order chi connectivity index (χ1) is 10.4. The summed E-state index contributed by atoms with van der Waals surface area (Å²) in [5.41, 5.74) is 2.97. The Hall–Kier alpha value is -1.46. The first-order valence-corrected chi connectivity index (χ1v) is 8.45. The molecule has 0 amide bonds. The van der Waals surface area contributed by atoms with Gasteiger partial charge in [-0.3, -0.25) is 0 Å². The number of piperidine rings is 1. The van der Waals surface area contributed by atoms with E-state index in [4.69, 9.17) is 6.42 Å². The summed E-state index contributed by atoms with van der Waals surface area (Å²) in [6.45, 7) is 11.2. The van der Waals surface area contributed by atoms with Crippen molar-refractivity contribution < 1.29 is 0 Å². The topological polar surface area (TPSA) is 15.3 Å². The Bertz CT molecular complexity index is 496. The smallest absolute Gasteiger partial charge is 0.0366 e. The van der Waals surface area contributed by atoms with E-state index in [0.29, 0.717) is 12.1 Å². The Kier molecular flexibility index (Phi) is 5.53. The van der Waals surface area contributed by atoms with Crippen LogP contribution in [-0.2, 0) is 5.41 Å². The van der Waals surface area contributed by atoms with Gasteiger partial charge in [0.25, 0.3) is 0 Å². The molecule has 0 spiro atoms. The molecule has 1 aromatic carbocycles. The molecule has 0 aliphatic carbocycles. The molecule has 22 heavy (non-hydrogen) atoms. The van der Waals surface area contributed by atoms with Crippen LogP contribution < -0.4 is 10.2 Å². The highest BCUT2D eigenvalue weighted by Gasteiger charge is 2.21. The molecule has 1 N–H and O–H groups in total. The molecule has 1 atom stereocenters. The molecule has 0 unspecified atom stereocenters. The third kappa shape index (κ3) is 4.52. The average Bonchev–Trinajstić information content (AvgIpc) is 2.47. The number of nitrogens with one attached hydrogen (secondary N) is 1. The second-order valence-electron chi connectivity index (χ2n) is 7.53. The minimum atomic E-state index is 0.225. The molecule has 0 radical (unpaired) electrons. The second-order valence-corrected chi connectivity index (χ2v) is 7.53. The molecule has 2 nitrogen and oxygen atoms in total. The summed E-state index contributed by atoms with van der Waals surface area (Å²) in [6, 6.07) is 10.1. The van der Waals surface area contributed by atoms with Gasteiger partial charge >= 0.3 is 0 Å². The number of benzene rings is 1. The van der Waals surface area contributed by atoms with Gasteiger partial charge in [-0.15, -0.1) is 12.3 Å². The average molecular weight is 298 g/mol. The standard InChI is InChI=1S/C20H30N2/c1-6-7-16(2)21-18-12-14-22(15-13-18)19-10-8-17(9-11-19)20(3,4)5/h1,8-11,16,18,21H,7,12-15H2,2-5H3/t16-/m0/s1. The van der Waals surface area contributed by atoms with Gasteiger partial charge < -0.3 is 10.2 Å². The van der Waals surface area contributed by atoms with E-state index in [-0.39, 0.29) is 5.41 Å². The number of anilines is 1. The maximum absolute atomic E-state index is 5.38. The van der Waals surface area contributed by atoms with E-state index in [1.54, 1.807) is 0 Å². The Morgan fingerprint density at radius 2 is 1.82 bits per heavy atom. The summed E-state index contributed by atoms with van der Waals surface area (Å²) in [6.07, 6.45) is 8.57. The third-order valence-corrected chi connectivity index (χ3v) is 4.54. The van der Waals surface area contributed by atoms with Crippen molar-refractivity contribution in [1.82, 2.24) is 5.32 Å². The predicted octanol–water partition coefficient (Wildman–Crippen LogP) is 3.95. The van der Waals surface area contributed by atoms with Gasteiger partial charge in [0, 0.05) is 37.3 Å². The van der Waals surface area contributed by atoms with Gasteiger partial charge in [-0.25, -0.2) is 0 Å². The van der Waals surface area contributed by atoms with Crippen molar-refractivity contribution in [1.29, 1.82) is 0 Å². The van der Waals surface area contributed by atoms with E-state index < -0.39 is 0 Å². The highest BCUT2D eigenvalue weighted by Crippen LogP contribution is 2.26. The normalized spacial score (nSPS) is 18.0. The number of nitrogens with zero attached hydrogens (tertiary/aromatic N) is 1. The Labute approximate surface area is 136 Å². The van der Waals surface area contributed by atoms with Gasteiger partial charge in [-0.05, 0) is 42.9 Å². The zero-order valence-corrected chi connectivity index (χ0v) is 14.5. The van der Waals surface area contributed by atoms with Crippen LogP contribution in [0.5, 0.6) is 0 Å². The van der Waals surface area contributed by atoms with Gasteiger partial charge in [0.05, 0.1) is 0 Å². The lowest BCUT2D eigenvalue weighted by Crippen LogP contribution is -2.45. The molecular formula is C20H30N2. The summed E-state index contributed by atoms with van der Waals surface area (Å²) in [7, 11) is 0. The van der Waals surface area contributed by atoms with E-state index >= 15 is 0 Å². The van der Waals surface area contributed by atoms with Gasteiger partial charge in [-0.2, -0.15) is 0 Å². The van der Waals surface area contributed by atoms with E-state index in [2.05, 4.69) is 68.1 Å². The van der Waals surface area contributed by atoms with Crippen molar-refractivity contribution in [2.75, 3.05) is 18.0 Å². The van der Waals surface area contributed by atoms with Crippen LogP contribution in [-0.4, -0.2) is 25.2 Å². The molecule has 0 saturated carbocycles. The van der Waals surface area contributed by atoms with Crippen LogP contribution in [0.2, 0.25) is 0 Å². The van der Waals surface area contributed by atoms with E-state index in [1.807, 2.05) is 0 Å². The molecule has 0 bridgehead atoms. The molecule has 1 fully saturated rings. The van der Waals surface area contributed by atoms with E-state index in [0.717, 1.165) is 19.5 Å². The molecule has 1 aliphatic rings. The molecule has 2 rings (SSSR count). The molecule has 1 saturated heterocycles. The minimum Gasteiger partial charge on any atom is -0.371 e. The van der Waals surface area contributed by atoms with Crippen LogP contribution in [0.4, 0.5) is 5.69 Å². The van der Waals surface area contributed by atoms with Crippen molar-refractivity contribution in [2.24, 2.45) is 0 Å². The third-order valence-electron chi connectivity index (χ3n) is 4.54. The lowest BCUT2D eigenvalue weighted by atomic mass is 9.87. The van der Waals surface area contributed by atoms with Crippen molar-refractivity contribution in [3.8, 4) is 12.3 Å². The highest BCUT2D eigenvalue weighted by atomic mass is 15.1.